The molecule has 0 aliphatic carbocycles. The van der Waals surface area contributed by atoms with Crippen molar-refractivity contribution in [3.63, 3.8) is 0 Å². The van der Waals surface area contributed by atoms with Crippen molar-refractivity contribution in [1.29, 1.82) is 0 Å². The number of hydrogen-bond donors (Lipinski definition) is 3. The minimum atomic E-state index is -0.917. The summed E-state index contributed by atoms with van der Waals surface area (Å²) in [5, 5.41) is 12.2. The number of carbonyl (C=O) groups is 1. The third-order valence-corrected chi connectivity index (χ3v) is 2.89. The molecule has 1 aliphatic heterocycles. The molecular weight excluding hydrogens is 259 g/mol. The van der Waals surface area contributed by atoms with Crippen LogP contribution in [-0.4, -0.2) is 23.8 Å². The monoisotopic (exact) mass is 278 g/mol. The van der Waals surface area contributed by atoms with Crippen LogP contribution in [0.3, 0.4) is 0 Å². The van der Waals surface area contributed by atoms with E-state index < -0.39 is 18.8 Å². The van der Waals surface area contributed by atoms with E-state index in [2.05, 4.69) is 5.32 Å². The van der Waals surface area contributed by atoms with E-state index in [0.29, 0.717) is 17.8 Å². The van der Waals surface area contributed by atoms with E-state index in [1.807, 2.05) is 6.07 Å². The number of alkyl carbamates (subject to hydrolysis) is 1. The molecule has 6 nitrogen and oxygen atoms in total. The molecule has 1 aliphatic rings. The molecule has 0 saturated carbocycles. The van der Waals surface area contributed by atoms with Crippen LogP contribution in [-0.2, 0) is 22.5 Å². The second-order valence-electron chi connectivity index (χ2n) is 5.77. The molecule has 1 amide bonds. The molecule has 1 aromatic rings. The SMILES string of the molecule is CC(C)(C)OC(=O)NCc1cc2c(cc1N)B(O)OC2. The Balaban J connectivity index is 2.02. The fourth-order valence-corrected chi connectivity index (χ4v) is 1.98. The van der Waals surface area contributed by atoms with Crippen LogP contribution < -0.4 is 16.5 Å². The van der Waals surface area contributed by atoms with Gasteiger partial charge in [0.05, 0.1) is 6.61 Å². The zero-order valence-electron chi connectivity index (χ0n) is 11.9. The highest BCUT2D eigenvalue weighted by Gasteiger charge is 2.28. The summed E-state index contributed by atoms with van der Waals surface area (Å²) in [6, 6.07) is 3.51. The van der Waals surface area contributed by atoms with E-state index in [0.717, 1.165) is 11.1 Å². The Morgan fingerprint density at radius 2 is 2.25 bits per heavy atom. The maximum absolute atomic E-state index is 11.6. The first-order valence-electron chi connectivity index (χ1n) is 6.44. The number of nitrogens with one attached hydrogen (secondary N) is 1. The summed E-state index contributed by atoms with van der Waals surface area (Å²) in [6.45, 7) is 6.01. The standard InChI is InChI=1S/C13H19BN2O4/c1-13(2,3)20-12(17)16-6-8-4-9-7-19-14(18)10(9)5-11(8)15/h4-5,18H,6-7,15H2,1-3H3,(H,16,17). The van der Waals surface area contributed by atoms with Gasteiger partial charge in [-0.25, -0.2) is 4.79 Å². The van der Waals surface area contributed by atoms with Gasteiger partial charge in [0.15, 0.2) is 0 Å². The quantitative estimate of drug-likeness (QED) is 0.541. The van der Waals surface area contributed by atoms with E-state index >= 15 is 0 Å². The van der Waals surface area contributed by atoms with Crippen molar-refractivity contribution in [2.24, 2.45) is 0 Å². The maximum Gasteiger partial charge on any atom is 0.491 e. The third-order valence-electron chi connectivity index (χ3n) is 2.89. The first-order chi connectivity index (χ1) is 9.26. The predicted octanol–water partition coefficient (Wildman–Crippen LogP) is 0.511. The fourth-order valence-electron chi connectivity index (χ4n) is 1.98. The van der Waals surface area contributed by atoms with Crippen molar-refractivity contribution in [3.8, 4) is 0 Å². The Bertz CT molecular complexity index is 528. The zero-order valence-corrected chi connectivity index (χ0v) is 11.9. The van der Waals surface area contributed by atoms with E-state index in [4.69, 9.17) is 15.1 Å². The Morgan fingerprint density at radius 1 is 1.55 bits per heavy atom. The molecule has 0 fully saturated rings. The normalized spacial score (nSPS) is 14.1. The molecule has 1 aromatic carbocycles. The van der Waals surface area contributed by atoms with Crippen LogP contribution in [0.2, 0.25) is 0 Å². The van der Waals surface area contributed by atoms with Gasteiger partial charge in [0.25, 0.3) is 0 Å². The molecule has 0 aromatic heterocycles. The molecule has 2 rings (SSSR count). The number of amides is 1. The molecule has 0 unspecified atom stereocenters. The average molecular weight is 278 g/mol. The van der Waals surface area contributed by atoms with Gasteiger partial charge in [-0.2, -0.15) is 0 Å². The number of benzene rings is 1. The summed E-state index contributed by atoms with van der Waals surface area (Å²) in [5.41, 5.74) is 8.21. The Kier molecular flexibility index (Phi) is 3.92. The number of nitrogens with two attached hydrogens (primary N) is 1. The summed E-state index contributed by atoms with van der Waals surface area (Å²) in [7, 11) is -0.917. The lowest BCUT2D eigenvalue weighted by Crippen LogP contribution is -2.33. The van der Waals surface area contributed by atoms with Crippen molar-refractivity contribution in [1.82, 2.24) is 5.32 Å². The molecule has 1 heterocycles. The van der Waals surface area contributed by atoms with E-state index in [-0.39, 0.29) is 6.54 Å². The first-order valence-corrected chi connectivity index (χ1v) is 6.44. The number of nitrogen functional groups attached to an aromatic ring is 1. The average Bonchev–Trinajstić information content (AvgIpc) is 2.66. The minimum absolute atomic E-state index is 0.268. The van der Waals surface area contributed by atoms with Crippen molar-refractivity contribution >= 4 is 24.4 Å². The zero-order chi connectivity index (χ0) is 14.9. The van der Waals surface area contributed by atoms with Crippen LogP contribution in [0.25, 0.3) is 0 Å². The highest BCUT2D eigenvalue weighted by Crippen LogP contribution is 2.18. The predicted molar refractivity (Wildman–Crippen MR) is 76.3 cm³/mol. The van der Waals surface area contributed by atoms with Crippen molar-refractivity contribution in [2.45, 2.75) is 39.5 Å². The van der Waals surface area contributed by atoms with E-state index in [9.17, 15) is 9.82 Å². The molecule has 0 radical (unpaired) electrons. The molecule has 0 bridgehead atoms. The largest absolute Gasteiger partial charge is 0.491 e. The van der Waals surface area contributed by atoms with Gasteiger partial charge >= 0.3 is 13.2 Å². The van der Waals surface area contributed by atoms with Crippen LogP contribution in [0.5, 0.6) is 0 Å². The molecule has 0 atom stereocenters. The summed E-state index contributed by atoms with van der Waals surface area (Å²) in [6.07, 6.45) is -0.492. The smallest absolute Gasteiger partial charge is 0.444 e. The lowest BCUT2D eigenvalue weighted by Gasteiger charge is -2.20. The van der Waals surface area contributed by atoms with E-state index in [1.165, 1.54) is 0 Å². The van der Waals surface area contributed by atoms with Gasteiger partial charge in [-0.15, -0.1) is 0 Å². The molecule has 0 spiro atoms. The van der Waals surface area contributed by atoms with Gasteiger partial charge in [-0.3, -0.25) is 0 Å². The third kappa shape index (κ3) is 3.43. The topological polar surface area (TPSA) is 93.8 Å². The highest BCUT2D eigenvalue weighted by molar-refractivity contribution is 6.61. The van der Waals surface area contributed by atoms with Crippen molar-refractivity contribution in [2.75, 3.05) is 5.73 Å². The van der Waals surface area contributed by atoms with Gasteiger partial charge in [0.2, 0.25) is 0 Å². The first kappa shape index (κ1) is 14.7. The number of hydrogen-bond acceptors (Lipinski definition) is 5. The molecule has 108 valence electrons. The summed E-state index contributed by atoms with van der Waals surface area (Å²) >= 11 is 0. The van der Waals surface area contributed by atoms with Gasteiger partial charge in [0, 0.05) is 12.2 Å². The Morgan fingerprint density at radius 3 is 2.90 bits per heavy atom. The van der Waals surface area contributed by atoms with Crippen molar-refractivity contribution in [3.05, 3.63) is 23.3 Å². The van der Waals surface area contributed by atoms with Gasteiger partial charge in [-0.1, -0.05) is 6.07 Å². The number of rotatable bonds is 2. The summed E-state index contributed by atoms with van der Waals surface area (Å²) in [5.74, 6) is 0. The highest BCUT2D eigenvalue weighted by atomic mass is 16.6. The van der Waals surface area contributed by atoms with E-state index in [1.54, 1.807) is 26.8 Å². The molecular formula is C13H19BN2O4. The maximum atomic E-state index is 11.6. The summed E-state index contributed by atoms with van der Waals surface area (Å²) in [4.78, 5) is 11.6. The fraction of sp³-hybridized carbons (Fsp3) is 0.462. The van der Waals surface area contributed by atoms with Gasteiger partial charge in [0.1, 0.15) is 5.60 Å². The molecule has 4 N–H and O–H groups in total. The number of fused-ring (bicyclic) bond motifs is 1. The van der Waals surface area contributed by atoms with Crippen LogP contribution in [0, 0.1) is 0 Å². The lowest BCUT2D eigenvalue weighted by atomic mass is 9.78. The van der Waals surface area contributed by atoms with Gasteiger partial charge in [-0.05, 0) is 43.4 Å². The van der Waals surface area contributed by atoms with Crippen molar-refractivity contribution < 1.29 is 19.2 Å². The minimum Gasteiger partial charge on any atom is -0.444 e. The Hall–Kier alpha value is -1.73. The van der Waals surface area contributed by atoms with Crippen LogP contribution in [0.1, 0.15) is 31.9 Å². The summed E-state index contributed by atoms with van der Waals surface area (Å²) < 4.78 is 10.3. The number of anilines is 1. The van der Waals surface area contributed by atoms with Crippen LogP contribution >= 0.6 is 0 Å². The van der Waals surface area contributed by atoms with Gasteiger partial charge < -0.3 is 25.5 Å². The second-order valence-corrected chi connectivity index (χ2v) is 5.77. The second kappa shape index (κ2) is 5.34. The van der Waals surface area contributed by atoms with Crippen LogP contribution in [0.4, 0.5) is 10.5 Å². The molecule has 20 heavy (non-hydrogen) atoms. The number of carbonyl (C=O) groups excluding carboxylic acids is 1. The molecule has 0 saturated heterocycles. The number of ether oxygens (including phenoxy) is 1. The lowest BCUT2D eigenvalue weighted by molar-refractivity contribution is 0.0523. The molecule has 7 heteroatoms. The van der Waals surface area contributed by atoms with Crippen LogP contribution in [0.15, 0.2) is 12.1 Å². The Labute approximate surface area is 118 Å².